The molecule has 0 spiro atoms. The molecule has 1 aromatic rings. The van der Waals surface area contributed by atoms with Gasteiger partial charge in [-0.2, -0.15) is 0 Å². The van der Waals surface area contributed by atoms with Crippen molar-refractivity contribution in [1.29, 1.82) is 0 Å². The molecule has 120 valence electrons. The summed E-state index contributed by atoms with van der Waals surface area (Å²) < 4.78 is 4.99. The number of nitrogens with zero attached hydrogens (tertiary/aromatic N) is 1. The summed E-state index contributed by atoms with van der Waals surface area (Å²) in [6.45, 7) is 2.00. The van der Waals surface area contributed by atoms with E-state index in [4.69, 9.17) is 4.74 Å². The molecule has 0 aromatic carbocycles. The highest BCUT2D eigenvalue weighted by molar-refractivity contribution is 5.93. The first-order valence-corrected chi connectivity index (χ1v) is 7.94. The van der Waals surface area contributed by atoms with Gasteiger partial charge in [-0.25, -0.2) is 0 Å². The van der Waals surface area contributed by atoms with Crippen molar-refractivity contribution in [3.63, 3.8) is 0 Å². The fourth-order valence-corrected chi connectivity index (χ4v) is 2.52. The molecule has 2 N–H and O–H groups in total. The molecule has 0 unspecified atom stereocenters. The molecule has 0 saturated heterocycles. The number of methoxy groups -OCH3 is 1. The molecule has 1 aliphatic carbocycles. The van der Waals surface area contributed by atoms with E-state index < -0.39 is 0 Å². The summed E-state index contributed by atoms with van der Waals surface area (Å²) in [5.74, 6) is -0.119. The molecule has 1 aliphatic rings. The normalized spacial score (nSPS) is 14.3. The van der Waals surface area contributed by atoms with Crippen molar-refractivity contribution >= 4 is 11.6 Å². The van der Waals surface area contributed by atoms with E-state index in [-0.39, 0.29) is 5.91 Å². The fourth-order valence-electron chi connectivity index (χ4n) is 2.52. The van der Waals surface area contributed by atoms with Crippen molar-refractivity contribution in [2.24, 2.45) is 0 Å². The Bertz CT molecular complexity index is 514. The largest absolute Gasteiger partial charge is 0.383 e. The zero-order valence-corrected chi connectivity index (χ0v) is 13.2. The lowest BCUT2D eigenvalue weighted by Crippen LogP contribution is -2.26. The summed E-state index contributed by atoms with van der Waals surface area (Å²) in [7, 11) is 1.66. The molecule has 0 atom stereocenters. The molecule has 0 aliphatic heterocycles. The van der Waals surface area contributed by atoms with Crippen LogP contribution in [0.2, 0.25) is 0 Å². The van der Waals surface area contributed by atoms with E-state index in [9.17, 15) is 4.79 Å². The Kier molecular flexibility index (Phi) is 6.90. The lowest BCUT2D eigenvalue weighted by atomic mass is 9.97. The molecule has 0 radical (unpaired) electrons. The zero-order valence-electron chi connectivity index (χ0n) is 13.2. The number of pyridine rings is 1. The SMILES string of the molecule is COCCNc1ccnc(C(=O)NCCC2=CCCCC2)c1. The Balaban J connectivity index is 1.78. The Morgan fingerprint density at radius 2 is 2.27 bits per heavy atom. The van der Waals surface area contributed by atoms with Crippen LogP contribution in [0.3, 0.4) is 0 Å². The van der Waals surface area contributed by atoms with E-state index in [0.29, 0.717) is 25.4 Å². The van der Waals surface area contributed by atoms with Gasteiger partial charge in [-0.1, -0.05) is 11.6 Å². The average molecular weight is 303 g/mol. The topological polar surface area (TPSA) is 63.2 Å². The van der Waals surface area contributed by atoms with Crippen molar-refractivity contribution in [3.05, 3.63) is 35.7 Å². The number of aromatic nitrogens is 1. The maximum Gasteiger partial charge on any atom is 0.269 e. The van der Waals surface area contributed by atoms with Crippen molar-refractivity contribution in [2.75, 3.05) is 32.1 Å². The van der Waals surface area contributed by atoms with Gasteiger partial charge in [0.15, 0.2) is 0 Å². The van der Waals surface area contributed by atoms with Gasteiger partial charge < -0.3 is 15.4 Å². The number of amides is 1. The van der Waals surface area contributed by atoms with E-state index in [1.165, 1.54) is 31.3 Å². The quantitative estimate of drug-likeness (QED) is 0.572. The highest BCUT2D eigenvalue weighted by Crippen LogP contribution is 2.19. The number of hydrogen-bond acceptors (Lipinski definition) is 4. The lowest BCUT2D eigenvalue weighted by molar-refractivity contribution is 0.0949. The van der Waals surface area contributed by atoms with Crippen LogP contribution in [0.15, 0.2) is 30.0 Å². The first-order valence-electron chi connectivity index (χ1n) is 7.94. The van der Waals surface area contributed by atoms with Gasteiger partial charge in [0.1, 0.15) is 5.69 Å². The second kappa shape index (κ2) is 9.20. The number of carbonyl (C=O) groups excluding carboxylic acids is 1. The van der Waals surface area contributed by atoms with E-state index in [1.54, 1.807) is 19.4 Å². The highest BCUT2D eigenvalue weighted by Gasteiger charge is 2.09. The molecule has 5 heteroatoms. The minimum absolute atomic E-state index is 0.119. The van der Waals surface area contributed by atoms with Gasteiger partial charge in [0, 0.05) is 32.1 Å². The number of carbonyl (C=O) groups is 1. The molecule has 2 rings (SSSR count). The number of anilines is 1. The molecule has 0 fully saturated rings. The third kappa shape index (κ3) is 5.48. The predicted octanol–water partition coefficient (Wildman–Crippen LogP) is 2.76. The van der Waals surface area contributed by atoms with Gasteiger partial charge in [-0.05, 0) is 44.2 Å². The molecular weight excluding hydrogens is 278 g/mol. The van der Waals surface area contributed by atoms with Gasteiger partial charge in [0.25, 0.3) is 5.91 Å². The maximum absolute atomic E-state index is 12.1. The standard InChI is InChI=1S/C17H25N3O2/c1-22-12-11-18-15-8-10-19-16(13-15)17(21)20-9-7-14-5-3-2-4-6-14/h5,8,10,13H,2-4,6-7,9,11-12H2,1H3,(H,18,19)(H,20,21). The molecular formula is C17H25N3O2. The van der Waals surface area contributed by atoms with Crippen LogP contribution in [-0.4, -0.2) is 37.7 Å². The van der Waals surface area contributed by atoms with Gasteiger partial charge in [-0.15, -0.1) is 0 Å². The van der Waals surface area contributed by atoms with Crippen LogP contribution in [0.25, 0.3) is 0 Å². The summed E-state index contributed by atoms with van der Waals surface area (Å²) >= 11 is 0. The number of ether oxygens (including phenoxy) is 1. The van der Waals surface area contributed by atoms with Crippen LogP contribution < -0.4 is 10.6 Å². The number of hydrogen-bond donors (Lipinski definition) is 2. The number of nitrogens with one attached hydrogen (secondary N) is 2. The van der Waals surface area contributed by atoms with Crippen LogP contribution >= 0.6 is 0 Å². The summed E-state index contributed by atoms with van der Waals surface area (Å²) in [5, 5.41) is 6.14. The van der Waals surface area contributed by atoms with Crippen molar-refractivity contribution < 1.29 is 9.53 Å². The summed E-state index contributed by atoms with van der Waals surface area (Å²) in [6, 6.07) is 3.62. The van der Waals surface area contributed by atoms with Crippen LogP contribution in [0.4, 0.5) is 5.69 Å². The third-order valence-electron chi connectivity index (χ3n) is 3.74. The predicted molar refractivity (Wildman–Crippen MR) is 88.1 cm³/mol. The Morgan fingerprint density at radius 3 is 3.05 bits per heavy atom. The van der Waals surface area contributed by atoms with Gasteiger partial charge >= 0.3 is 0 Å². The van der Waals surface area contributed by atoms with Gasteiger partial charge in [-0.3, -0.25) is 9.78 Å². The molecule has 22 heavy (non-hydrogen) atoms. The van der Waals surface area contributed by atoms with E-state index in [2.05, 4.69) is 21.7 Å². The molecule has 1 heterocycles. The highest BCUT2D eigenvalue weighted by atomic mass is 16.5. The molecule has 1 amide bonds. The second-order valence-corrected chi connectivity index (χ2v) is 5.46. The second-order valence-electron chi connectivity index (χ2n) is 5.46. The summed E-state index contributed by atoms with van der Waals surface area (Å²) in [6.07, 6.45) is 9.83. The molecule has 0 bridgehead atoms. The van der Waals surface area contributed by atoms with E-state index in [1.807, 2.05) is 6.07 Å². The van der Waals surface area contributed by atoms with Crippen LogP contribution in [0.1, 0.15) is 42.6 Å². The van der Waals surface area contributed by atoms with Gasteiger partial charge in [0.05, 0.1) is 6.61 Å². The number of allylic oxidation sites excluding steroid dienone is 1. The lowest BCUT2D eigenvalue weighted by Gasteiger charge is -2.13. The molecule has 1 aromatic heterocycles. The first kappa shape index (κ1) is 16.5. The van der Waals surface area contributed by atoms with Crippen molar-refractivity contribution in [1.82, 2.24) is 10.3 Å². The monoisotopic (exact) mass is 303 g/mol. The Hall–Kier alpha value is -1.88. The van der Waals surface area contributed by atoms with E-state index in [0.717, 1.165) is 12.1 Å². The zero-order chi connectivity index (χ0) is 15.6. The number of rotatable bonds is 8. The van der Waals surface area contributed by atoms with Crippen molar-refractivity contribution in [3.8, 4) is 0 Å². The van der Waals surface area contributed by atoms with Crippen LogP contribution in [0.5, 0.6) is 0 Å². The Labute approximate surface area is 132 Å². The molecule has 0 saturated carbocycles. The summed E-state index contributed by atoms with van der Waals surface area (Å²) in [5.41, 5.74) is 2.79. The first-order chi connectivity index (χ1) is 10.8. The van der Waals surface area contributed by atoms with E-state index >= 15 is 0 Å². The summed E-state index contributed by atoms with van der Waals surface area (Å²) in [4.78, 5) is 16.3. The smallest absolute Gasteiger partial charge is 0.269 e. The van der Waals surface area contributed by atoms with Crippen molar-refractivity contribution in [2.45, 2.75) is 32.1 Å². The minimum Gasteiger partial charge on any atom is -0.383 e. The molecule has 5 nitrogen and oxygen atoms in total. The van der Waals surface area contributed by atoms with Gasteiger partial charge in [0.2, 0.25) is 0 Å². The van der Waals surface area contributed by atoms with Crippen LogP contribution in [0, 0.1) is 0 Å². The minimum atomic E-state index is -0.119. The third-order valence-corrected chi connectivity index (χ3v) is 3.74. The fraction of sp³-hybridized carbons (Fsp3) is 0.529. The average Bonchev–Trinajstić information content (AvgIpc) is 2.56. The Morgan fingerprint density at radius 1 is 1.36 bits per heavy atom. The van der Waals surface area contributed by atoms with Crippen LogP contribution in [-0.2, 0) is 4.74 Å². The maximum atomic E-state index is 12.1.